The Hall–Kier alpha value is -2.14. The van der Waals surface area contributed by atoms with Crippen molar-refractivity contribution < 1.29 is 9.90 Å². The molecule has 0 aliphatic carbocycles. The SMILES string of the molecule is CCC(CC)(NCc1cnn(-c2ccccc2)c1)C(=O)O. The third kappa shape index (κ3) is 3.31. The van der Waals surface area contributed by atoms with Crippen molar-refractivity contribution in [1.82, 2.24) is 15.1 Å². The number of aromatic nitrogens is 2. The Bertz CT molecular complexity index is 589. The summed E-state index contributed by atoms with van der Waals surface area (Å²) < 4.78 is 1.79. The fourth-order valence-electron chi connectivity index (χ4n) is 2.32. The van der Waals surface area contributed by atoms with Gasteiger partial charge in [0.1, 0.15) is 5.54 Å². The molecule has 2 rings (SSSR count). The van der Waals surface area contributed by atoms with Crippen molar-refractivity contribution in [1.29, 1.82) is 0 Å². The molecule has 2 N–H and O–H groups in total. The number of hydrogen-bond donors (Lipinski definition) is 2. The van der Waals surface area contributed by atoms with Crippen LogP contribution < -0.4 is 5.32 Å². The molecule has 1 aromatic carbocycles. The van der Waals surface area contributed by atoms with Crippen molar-refractivity contribution >= 4 is 5.97 Å². The molecule has 0 amide bonds. The first-order valence-electron chi connectivity index (χ1n) is 7.18. The number of carbonyl (C=O) groups is 1. The molecule has 1 aromatic heterocycles. The third-order valence-corrected chi connectivity index (χ3v) is 3.90. The molecule has 0 unspecified atom stereocenters. The maximum Gasteiger partial charge on any atom is 0.323 e. The monoisotopic (exact) mass is 287 g/mol. The van der Waals surface area contributed by atoms with Gasteiger partial charge in [0.2, 0.25) is 0 Å². The summed E-state index contributed by atoms with van der Waals surface area (Å²) in [6.07, 6.45) is 4.77. The normalized spacial score (nSPS) is 11.5. The van der Waals surface area contributed by atoms with Crippen molar-refractivity contribution in [2.45, 2.75) is 38.8 Å². The Morgan fingerprint density at radius 1 is 1.29 bits per heavy atom. The minimum Gasteiger partial charge on any atom is -0.480 e. The number of para-hydroxylation sites is 1. The van der Waals surface area contributed by atoms with E-state index >= 15 is 0 Å². The van der Waals surface area contributed by atoms with Crippen LogP contribution in [0.3, 0.4) is 0 Å². The average Bonchev–Trinajstić information content (AvgIpc) is 2.98. The van der Waals surface area contributed by atoms with Crippen LogP contribution in [0.5, 0.6) is 0 Å². The lowest BCUT2D eigenvalue weighted by molar-refractivity contribution is -0.145. The highest BCUT2D eigenvalue weighted by Gasteiger charge is 2.33. The van der Waals surface area contributed by atoms with Gasteiger partial charge in [0.25, 0.3) is 0 Å². The molecule has 2 aromatic rings. The first kappa shape index (κ1) is 15.3. The third-order valence-electron chi connectivity index (χ3n) is 3.90. The molecule has 0 saturated heterocycles. The quantitative estimate of drug-likeness (QED) is 0.821. The van der Waals surface area contributed by atoms with Gasteiger partial charge in [-0.25, -0.2) is 4.68 Å². The molecule has 0 atom stereocenters. The highest BCUT2D eigenvalue weighted by Crippen LogP contribution is 2.17. The van der Waals surface area contributed by atoms with E-state index in [4.69, 9.17) is 0 Å². The van der Waals surface area contributed by atoms with Crippen molar-refractivity contribution in [2.75, 3.05) is 0 Å². The molecule has 0 aliphatic rings. The summed E-state index contributed by atoms with van der Waals surface area (Å²) >= 11 is 0. The summed E-state index contributed by atoms with van der Waals surface area (Å²) in [5, 5.41) is 16.9. The number of carboxylic acids is 1. The predicted octanol–water partition coefficient (Wildman–Crippen LogP) is 2.61. The van der Waals surface area contributed by atoms with Gasteiger partial charge in [-0.15, -0.1) is 0 Å². The fraction of sp³-hybridized carbons (Fsp3) is 0.375. The average molecular weight is 287 g/mol. The van der Waals surface area contributed by atoms with E-state index in [1.807, 2.05) is 50.4 Å². The number of nitrogens with one attached hydrogen (secondary N) is 1. The molecular formula is C16H21N3O2. The number of aliphatic carboxylic acids is 1. The summed E-state index contributed by atoms with van der Waals surface area (Å²) in [5.41, 5.74) is 1.08. The van der Waals surface area contributed by atoms with Gasteiger partial charge >= 0.3 is 5.97 Å². The van der Waals surface area contributed by atoms with E-state index in [0.717, 1.165) is 11.3 Å². The van der Waals surface area contributed by atoms with Crippen LogP contribution in [0.2, 0.25) is 0 Å². The Morgan fingerprint density at radius 2 is 1.95 bits per heavy atom. The van der Waals surface area contributed by atoms with E-state index in [-0.39, 0.29) is 0 Å². The van der Waals surface area contributed by atoms with Crippen LogP contribution in [0.1, 0.15) is 32.3 Å². The maximum atomic E-state index is 11.4. The van der Waals surface area contributed by atoms with Gasteiger partial charge < -0.3 is 5.11 Å². The zero-order chi connectivity index (χ0) is 15.3. The molecule has 5 heteroatoms. The summed E-state index contributed by atoms with van der Waals surface area (Å²) in [6.45, 7) is 4.26. The molecule has 0 spiro atoms. The lowest BCUT2D eigenvalue weighted by Crippen LogP contribution is -2.50. The standard InChI is InChI=1S/C16H21N3O2/c1-3-16(4-2,15(20)21)17-10-13-11-18-19(12-13)14-8-6-5-7-9-14/h5-9,11-12,17H,3-4,10H2,1-2H3,(H,20,21). The first-order valence-corrected chi connectivity index (χ1v) is 7.18. The summed E-state index contributed by atoms with van der Waals surface area (Å²) in [7, 11) is 0. The van der Waals surface area contributed by atoms with Crippen molar-refractivity contribution in [3.63, 3.8) is 0 Å². The molecule has 0 aliphatic heterocycles. The second-order valence-electron chi connectivity index (χ2n) is 5.08. The zero-order valence-electron chi connectivity index (χ0n) is 12.4. The molecule has 0 bridgehead atoms. The smallest absolute Gasteiger partial charge is 0.323 e. The molecule has 1 heterocycles. The Morgan fingerprint density at radius 3 is 2.52 bits per heavy atom. The Labute approximate surface area is 124 Å². The van der Waals surface area contributed by atoms with Crippen LogP contribution in [0.25, 0.3) is 5.69 Å². The van der Waals surface area contributed by atoms with Crippen molar-refractivity contribution in [3.05, 3.63) is 48.3 Å². The second kappa shape index (κ2) is 6.54. The highest BCUT2D eigenvalue weighted by molar-refractivity contribution is 5.78. The number of benzene rings is 1. The first-order chi connectivity index (χ1) is 10.1. The summed E-state index contributed by atoms with van der Waals surface area (Å²) in [5.74, 6) is -0.803. The van der Waals surface area contributed by atoms with Gasteiger partial charge in [0.05, 0.1) is 11.9 Å². The summed E-state index contributed by atoms with van der Waals surface area (Å²) in [6, 6.07) is 9.82. The number of hydrogen-bond acceptors (Lipinski definition) is 3. The van der Waals surface area contributed by atoms with Crippen molar-refractivity contribution in [2.24, 2.45) is 0 Å². The van der Waals surface area contributed by atoms with Gasteiger partial charge in [0, 0.05) is 18.3 Å². The van der Waals surface area contributed by atoms with E-state index in [2.05, 4.69) is 10.4 Å². The number of carboxylic acid groups (broad SMARTS) is 1. The van der Waals surface area contributed by atoms with Crippen molar-refractivity contribution in [3.8, 4) is 5.69 Å². The molecule has 5 nitrogen and oxygen atoms in total. The van der Waals surface area contributed by atoms with E-state index in [1.54, 1.807) is 10.9 Å². The second-order valence-corrected chi connectivity index (χ2v) is 5.08. The number of nitrogens with zero attached hydrogens (tertiary/aromatic N) is 2. The van der Waals surface area contributed by atoms with E-state index in [1.165, 1.54) is 0 Å². The molecule has 0 saturated carbocycles. The molecule has 0 radical (unpaired) electrons. The molecule has 0 fully saturated rings. The minimum atomic E-state index is -0.866. The van der Waals surface area contributed by atoms with Gasteiger partial charge in [-0.3, -0.25) is 10.1 Å². The van der Waals surface area contributed by atoms with Gasteiger partial charge in [-0.2, -0.15) is 5.10 Å². The zero-order valence-corrected chi connectivity index (χ0v) is 12.4. The van der Waals surface area contributed by atoms with E-state index in [9.17, 15) is 9.90 Å². The van der Waals surface area contributed by atoms with Crippen LogP contribution in [0.15, 0.2) is 42.7 Å². The van der Waals surface area contributed by atoms with E-state index in [0.29, 0.717) is 19.4 Å². The van der Waals surface area contributed by atoms with Crippen LogP contribution in [0.4, 0.5) is 0 Å². The van der Waals surface area contributed by atoms with Gasteiger partial charge in [0.15, 0.2) is 0 Å². The summed E-state index contributed by atoms with van der Waals surface area (Å²) in [4.78, 5) is 11.4. The largest absolute Gasteiger partial charge is 0.480 e. The van der Waals surface area contributed by atoms with Crippen LogP contribution in [-0.4, -0.2) is 26.4 Å². The lowest BCUT2D eigenvalue weighted by Gasteiger charge is -2.27. The Kier molecular flexibility index (Phi) is 4.75. The molecule has 112 valence electrons. The van der Waals surface area contributed by atoms with Crippen LogP contribution >= 0.6 is 0 Å². The number of rotatable bonds is 7. The van der Waals surface area contributed by atoms with Gasteiger partial charge in [-0.1, -0.05) is 32.0 Å². The predicted molar refractivity (Wildman–Crippen MR) is 81.4 cm³/mol. The van der Waals surface area contributed by atoms with Crippen LogP contribution in [-0.2, 0) is 11.3 Å². The lowest BCUT2D eigenvalue weighted by atomic mass is 9.93. The van der Waals surface area contributed by atoms with Gasteiger partial charge in [-0.05, 0) is 25.0 Å². The molecule has 21 heavy (non-hydrogen) atoms. The van der Waals surface area contributed by atoms with Crippen LogP contribution in [0, 0.1) is 0 Å². The molecular weight excluding hydrogens is 266 g/mol. The Balaban J connectivity index is 2.08. The van der Waals surface area contributed by atoms with E-state index < -0.39 is 11.5 Å². The minimum absolute atomic E-state index is 0.487. The highest BCUT2D eigenvalue weighted by atomic mass is 16.4. The maximum absolute atomic E-state index is 11.4. The topological polar surface area (TPSA) is 67.2 Å². The fourth-order valence-corrected chi connectivity index (χ4v) is 2.32.